The number of nitrogens with one attached hydrogen (secondary N) is 1. The Morgan fingerprint density at radius 2 is 1.76 bits per heavy atom. The van der Waals surface area contributed by atoms with E-state index >= 15 is 0 Å². The summed E-state index contributed by atoms with van der Waals surface area (Å²) in [5.41, 5.74) is 4.27. The summed E-state index contributed by atoms with van der Waals surface area (Å²) in [4.78, 5) is 25.3. The monoisotopic (exact) mass is 487 g/mol. The first-order chi connectivity index (χ1) is 15.9. The highest BCUT2D eigenvalue weighted by atomic mass is 31.1. The Bertz CT molecular complexity index is 1040. The van der Waals surface area contributed by atoms with Crippen LogP contribution in [0.25, 0.3) is 0 Å². The maximum atomic E-state index is 13.0. The topological polar surface area (TPSA) is 113 Å². The fraction of sp³-hybridized carbons (Fsp3) is 0.462. The molecule has 8 heteroatoms. The first kappa shape index (κ1) is 27.5. The number of hydrogen-bond acceptors (Lipinski definition) is 6. The highest BCUT2D eigenvalue weighted by Crippen LogP contribution is 2.34. The van der Waals surface area contributed by atoms with Crippen molar-refractivity contribution in [3.63, 3.8) is 0 Å². The quantitative estimate of drug-likeness (QED) is 0.329. The zero-order valence-corrected chi connectivity index (χ0v) is 21.5. The summed E-state index contributed by atoms with van der Waals surface area (Å²) in [5.74, 6) is -1.07. The molecule has 7 nitrogen and oxygen atoms in total. The minimum atomic E-state index is -1.47. The molecule has 184 valence electrons. The highest BCUT2D eigenvalue weighted by Gasteiger charge is 2.26. The summed E-state index contributed by atoms with van der Waals surface area (Å²) < 4.78 is 16.4. The van der Waals surface area contributed by atoms with Gasteiger partial charge in [0.25, 0.3) is 5.91 Å². The number of hydrogen-bond donors (Lipinski definition) is 3. The molecule has 1 amide bonds. The van der Waals surface area contributed by atoms with Crippen LogP contribution in [-0.4, -0.2) is 34.7 Å². The van der Waals surface area contributed by atoms with Crippen molar-refractivity contribution >= 4 is 20.3 Å². The molecular weight excluding hydrogens is 453 g/mol. The number of aliphatic hydroxyl groups is 1. The van der Waals surface area contributed by atoms with Gasteiger partial charge in [0.2, 0.25) is 0 Å². The summed E-state index contributed by atoms with van der Waals surface area (Å²) in [6.45, 7) is 11.1. The molecule has 34 heavy (non-hydrogen) atoms. The van der Waals surface area contributed by atoms with Crippen molar-refractivity contribution in [1.29, 1.82) is 0 Å². The van der Waals surface area contributed by atoms with E-state index in [1.807, 2.05) is 27.7 Å². The number of carbonyl (C=O) groups excluding carboxylic acids is 2. The fourth-order valence-corrected chi connectivity index (χ4v) is 4.08. The second-order valence-corrected chi connectivity index (χ2v) is 10.2. The van der Waals surface area contributed by atoms with Crippen molar-refractivity contribution in [2.75, 3.05) is 6.61 Å². The van der Waals surface area contributed by atoms with E-state index in [-0.39, 0.29) is 32.3 Å². The van der Waals surface area contributed by atoms with Crippen molar-refractivity contribution in [3.05, 3.63) is 63.7 Å². The van der Waals surface area contributed by atoms with E-state index in [1.165, 1.54) is 13.0 Å². The second kappa shape index (κ2) is 11.6. The van der Waals surface area contributed by atoms with Crippen LogP contribution in [0.2, 0.25) is 0 Å². The average molecular weight is 488 g/mol. The van der Waals surface area contributed by atoms with Gasteiger partial charge in [-0.15, -0.1) is 0 Å². The minimum absolute atomic E-state index is 0.0792. The number of rotatable bonds is 10. The van der Waals surface area contributed by atoms with Crippen molar-refractivity contribution in [3.8, 4) is 5.75 Å². The third-order valence-corrected chi connectivity index (χ3v) is 6.30. The van der Waals surface area contributed by atoms with E-state index < -0.39 is 23.3 Å². The van der Waals surface area contributed by atoms with Gasteiger partial charge in [-0.05, 0) is 86.4 Å². The lowest BCUT2D eigenvalue weighted by Gasteiger charge is -2.20. The second-order valence-electron chi connectivity index (χ2n) is 9.14. The Kier molecular flexibility index (Phi) is 9.37. The van der Waals surface area contributed by atoms with Gasteiger partial charge in [0.05, 0.1) is 12.2 Å². The van der Waals surface area contributed by atoms with Crippen LogP contribution in [0.15, 0.2) is 30.3 Å². The Morgan fingerprint density at radius 1 is 1.15 bits per heavy atom. The van der Waals surface area contributed by atoms with Gasteiger partial charge in [0.1, 0.15) is 11.8 Å². The lowest BCUT2D eigenvalue weighted by Crippen LogP contribution is -2.42. The number of aryl methyl sites for hydroxylation is 2. The summed E-state index contributed by atoms with van der Waals surface area (Å²) in [6, 6.07) is 7.62. The van der Waals surface area contributed by atoms with Gasteiger partial charge in [-0.3, -0.25) is 9.36 Å². The normalized spacial score (nSPS) is 14.0. The zero-order chi connectivity index (χ0) is 25.6. The van der Waals surface area contributed by atoms with E-state index in [0.29, 0.717) is 18.4 Å². The number of benzene rings is 2. The van der Waals surface area contributed by atoms with Crippen molar-refractivity contribution in [2.24, 2.45) is 5.92 Å². The molecule has 0 aliphatic rings. The Morgan fingerprint density at radius 3 is 2.29 bits per heavy atom. The molecule has 0 spiro atoms. The molecule has 0 saturated carbocycles. The smallest absolute Gasteiger partial charge is 0.328 e. The Labute approximate surface area is 202 Å². The lowest BCUT2D eigenvalue weighted by atomic mass is 9.92. The standard InChI is InChI=1S/C26H34NO6P/c1-7-33-25(30)22(10-15(2)3)27-24(29)21-14-18(8-9-23(21)28)13-20-16(4)11-19(12-17(20)5)26(6,31)34-32/h8-9,11-12,14-15,22,28,31H,7,10,13H2,1-6H3,(H,27,29)/t22?,26-/m1/s1. The van der Waals surface area contributed by atoms with Crippen LogP contribution < -0.4 is 5.32 Å². The molecule has 2 aromatic carbocycles. The first-order valence-electron chi connectivity index (χ1n) is 11.4. The van der Waals surface area contributed by atoms with Crippen LogP contribution in [0, 0.1) is 19.8 Å². The van der Waals surface area contributed by atoms with Crippen LogP contribution in [-0.2, 0) is 25.9 Å². The van der Waals surface area contributed by atoms with Crippen molar-refractivity contribution < 1.29 is 29.1 Å². The molecule has 0 fully saturated rings. The number of phenols is 1. The Hall–Kier alpha value is -2.76. The third-order valence-electron chi connectivity index (χ3n) is 5.69. The molecule has 0 saturated heterocycles. The maximum Gasteiger partial charge on any atom is 0.328 e. The largest absolute Gasteiger partial charge is 0.507 e. The number of amides is 1. The SMILES string of the molecule is CCOC(=O)C(CC(C)C)NC(=O)c1cc(Cc2c(C)cc([C@](C)(O)P=O)cc2C)ccc1O. The van der Waals surface area contributed by atoms with Gasteiger partial charge >= 0.3 is 5.97 Å². The lowest BCUT2D eigenvalue weighted by molar-refractivity contribution is -0.145. The maximum absolute atomic E-state index is 13.0. The number of ether oxygens (including phenoxy) is 1. The molecule has 0 heterocycles. The molecule has 3 N–H and O–H groups in total. The van der Waals surface area contributed by atoms with Crippen molar-refractivity contribution in [1.82, 2.24) is 5.32 Å². The minimum Gasteiger partial charge on any atom is -0.507 e. The summed E-state index contributed by atoms with van der Waals surface area (Å²) in [5, 5.41) is 21.9. The molecule has 0 aliphatic carbocycles. The summed E-state index contributed by atoms with van der Waals surface area (Å²) in [6.07, 6.45) is 0.908. The van der Waals surface area contributed by atoms with Gasteiger partial charge < -0.3 is 20.3 Å². The summed E-state index contributed by atoms with van der Waals surface area (Å²) >= 11 is 0. The molecule has 1 unspecified atom stereocenters. The van der Waals surface area contributed by atoms with Crippen LogP contribution in [0.5, 0.6) is 5.75 Å². The van der Waals surface area contributed by atoms with Crippen LogP contribution >= 0.6 is 8.46 Å². The van der Waals surface area contributed by atoms with E-state index in [0.717, 1.165) is 22.3 Å². The third kappa shape index (κ3) is 6.87. The molecule has 0 aromatic heterocycles. The number of phenolic OH excluding ortho intramolecular Hbond substituents is 1. The van der Waals surface area contributed by atoms with Crippen LogP contribution in [0.1, 0.15) is 72.3 Å². The predicted molar refractivity (Wildman–Crippen MR) is 131 cm³/mol. The van der Waals surface area contributed by atoms with Crippen molar-refractivity contribution in [2.45, 2.75) is 65.8 Å². The fourth-order valence-electron chi connectivity index (χ4n) is 3.84. The molecule has 2 atom stereocenters. The predicted octanol–water partition coefficient (Wildman–Crippen LogP) is 4.76. The van der Waals surface area contributed by atoms with Gasteiger partial charge in [-0.2, -0.15) is 0 Å². The highest BCUT2D eigenvalue weighted by molar-refractivity contribution is 7.25. The Balaban J connectivity index is 2.32. The summed E-state index contributed by atoms with van der Waals surface area (Å²) in [7, 11) is -0.380. The van der Waals surface area contributed by atoms with E-state index in [4.69, 9.17) is 4.74 Å². The molecular formula is C26H34NO6P. The van der Waals surface area contributed by atoms with Crippen LogP contribution in [0.3, 0.4) is 0 Å². The number of aromatic hydroxyl groups is 1. The number of carbonyl (C=O) groups is 2. The zero-order valence-electron chi connectivity index (χ0n) is 20.6. The first-order valence-corrected chi connectivity index (χ1v) is 12.2. The van der Waals surface area contributed by atoms with E-state index in [9.17, 15) is 24.4 Å². The number of esters is 1. The molecule has 2 rings (SSSR count). The molecule has 2 aromatic rings. The van der Waals surface area contributed by atoms with Gasteiger partial charge in [0, 0.05) is 0 Å². The molecule has 0 radical (unpaired) electrons. The average Bonchev–Trinajstić information content (AvgIpc) is 2.76. The van der Waals surface area contributed by atoms with E-state index in [2.05, 4.69) is 5.32 Å². The van der Waals surface area contributed by atoms with Crippen LogP contribution in [0.4, 0.5) is 0 Å². The van der Waals surface area contributed by atoms with Gasteiger partial charge in [0.15, 0.2) is 13.8 Å². The van der Waals surface area contributed by atoms with Gasteiger partial charge in [-0.1, -0.05) is 32.0 Å². The molecule has 0 bridgehead atoms. The van der Waals surface area contributed by atoms with Gasteiger partial charge in [-0.25, -0.2) is 4.79 Å². The molecule has 0 aliphatic heterocycles. The van der Waals surface area contributed by atoms with E-state index in [1.54, 1.807) is 31.2 Å².